The van der Waals surface area contributed by atoms with Crippen molar-refractivity contribution < 1.29 is 16.4 Å². The Labute approximate surface area is 488 Å². The van der Waals surface area contributed by atoms with Crippen LogP contribution in [0.3, 0.4) is 0 Å². The van der Waals surface area contributed by atoms with Crippen LogP contribution in [-0.4, -0.2) is 0 Å². The first-order valence-electron chi connectivity index (χ1n) is 31.7. The molecule has 3 nitrogen and oxygen atoms in total. The lowest BCUT2D eigenvalue weighted by Gasteiger charge is -2.36. The summed E-state index contributed by atoms with van der Waals surface area (Å²) in [4.78, 5) is 0. The molecule has 410 valence electrons. The van der Waals surface area contributed by atoms with Gasteiger partial charge in [-0.2, -0.15) is 0 Å². The van der Waals surface area contributed by atoms with E-state index in [9.17, 15) is 0 Å². The molecule has 9 aromatic rings. The SMILES string of the molecule is Cc1ccccc1-c1ccc(-c2ccc(C3CCC(C)CC3)cc2)c[n+]1C.Cc1ccccc1-c1ccc(-c2ccc(CC3C4CCC3C4)cc2)c[n+]1C.[2H]C([2H])(c1ccc(-c2ccc(-c3ccccc3C)[n+](C)c2)cc1)C1C2CCC1C2. The van der Waals surface area contributed by atoms with Crippen molar-refractivity contribution in [2.45, 2.75) is 111 Å². The summed E-state index contributed by atoms with van der Waals surface area (Å²) < 4.78 is 24.2. The summed E-state index contributed by atoms with van der Waals surface area (Å²) in [5, 5.41) is 0. The van der Waals surface area contributed by atoms with Crippen molar-refractivity contribution in [1.29, 1.82) is 0 Å². The summed E-state index contributed by atoms with van der Waals surface area (Å²) in [5.74, 6) is 6.12. The summed E-state index contributed by atoms with van der Waals surface area (Å²) in [7, 11) is 6.37. The van der Waals surface area contributed by atoms with Crippen molar-refractivity contribution >= 4 is 0 Å². The van der Waals surface area contributed by atoms with E-state index in [1.54, 1.807) is 0 Å². The lowest BCUT2D eigenvalue weighted by molar-refractivity contribution is -0.660. The minimum absolute atomic E-state index is 0.222. The van der Waals surface area contributed by atoms with Crippen molar-refractivity contribution in [1.82, 2.24) is 0 Å². The Morgan fingerprint density at radius 3 is 1.09 bits per heavy atom. The molecule has 0 aliphatic heterocycles. The van der Waals surface area contributed by atoms with Crippen molar-refractivity contribution in [3.8, 4) is 67.2 Å². The van der Waals surface area contributed by atoms with E-state index in [0.717, 1.165) is 46.3 Å². The first-order chi connectivity index (χ1) is 40.2. The highest BCUT2D eigenvalue weighted by molar-refractivity contribution is 5.69. The van der Waals surface area contributed by atoms with Gasteiger partial charge < -0.3 is 0 Å². The average Bonchev–Trinajstić information content (AvgIpc) is 2.59. The number of benzene rings is 6. The molecule has 3 heterocycles. The van der Waals surface area contributed by atoms with Crippen LogP contribution in [0.5, 0.6) is 0 Å². The van der Waals surface area contributed by atoms with Crippen LogP contribution in [0.2, 0.25) is 0 Å². The fourth-order valence-corrected chi connectivity index (χ4v) is 14.8. The molecule has 4 bridgehead atoms. The van der Waals surface area contributed by atoms with Gasteiger partial charge in [0.2, 0.25) is 17.1 Å². The van der Waals surface area contributed by atoms with Gasteiger partial charge in [0.05, 0.1) is 0 Å². The highest BCUT2D eigenvalue weighted by Gasteiger charge is 2.47. The zero-order chi connectivity index (χ0) is 57.4. The molecular weight excluding hydrogens is 979 g/mol. The Kier molecular flexibility index (Phi) is 15.4. The zero-order valence-corrected chi connectivity index (χ0v) is 49.3. The second kappa shape index (κ2) is 24.1. The molecule has 0 saturated heterocycles. The smallest absolute Gasteiger partial charge is 0.200 e. The molecule has 7 aliphatic carbocycles. The summed E-state index contributed by atoms with van der Waals surface area (Å²) in [6.45, 7) is 8.88. The molecule has 4 atom stereocenters. The second-order valence-electron chi connectivity index (χ2n) is 25.2. The van der Waals surface area contributed by atoms with E-state index in [4.69, 9.17) is 2.74 Å². The second-order valence-corrected chi connectivity index (χ2v) is 25.2. The van der Waals surface area contributed by atoms with E-state index >= 15 is 0 Å². The molecule has 3 heteroatoms. The van der Waals surface area contributed by atoms with Gasteiger partial charge in [-0.25, -0.2) is 13.7 Å². The number of fused-ring (bicyclic) bond motifs is 2. The molecule has 3 aromatic heterocycles. The number of aryl methyl sites for hydroxylation is 6. The van der Waals surface area contributed by atoms with Crippen LogP contribution in [0.25, 0.3) is 67.2 Å². The minimum Gasteiger partial charge on any atom is -0.200 e. The van der Waals surface area contributed by atoms with E-state index in [-0.39, 0.29) is 5.92 Å². The van der Waals surface area contributed by atoms with Gasteiger partial charge in [0.15, 0.2) is 18.6 Å². The normalized spacial score (nSPS) is 22.7. The van der Waals surface area contributed by atoms with E-state index in [2.05, 4.69) is 251 Å². The van der Waals surface area contributed by atoms with Crippen molar-refractivity contribution in [2.75, 3.05) is 0 Å². The van der Waals surface area contributed by atoms with Gasteiger partial charge in [0, 0.05) is 54.3 Å². The van der Waals surface area contributed by atoms with Gasteiger partial charge in [-0.15, -0.1) is 0 Å². The predicted molar refractivity (Wildman–Crippen MR) is 336 cm³/mol. The largest absolute Gasteiger partial charge is 0.212 e. The Bertz CT molecular complexity index is 3690. The van der Waals surface area contributed by atoms with E-state index in [1.807, 2.05) is 12.1 Å². The molecule has 81 heavy (non-hydrogen) atoms. The third-order valence-electron chi connectivity index (χ3n) is 20.0. The minimum atomic E-state index is -1.21. The lowest BCUT2D eigenvalue weighted by atomic mass is 9.69. The first-order valence-corrected chi connectivity index (χ1v) is 30.7. The van der Waals surface area contributed by atoms with E-state index in [0.29, 0.717) is 11.8 Å². The summed E-state index contributed by atoms with van der Waals surface area (Å²) >= 11 is 0. The molecule has 7 saturated carbocycles. The van der Waals surface area contributed by atoms with Gasteiger partial charge in [-0.3, -0.25) is 0 Å². The molecule has 7 fully saturated rings. The fourth-order valence-electron chi connectivity index (χ4n) is 14.8. The van der Waals surface area contributed by atoms with Crippen LogP contribution < -0.4 is 13.7 Å². The molecule has 0 amide bonds. The quantitative estimate of drug-likeness (QED) is 0.114. The average molecular weight is 1070 g/mol. The molecule has 4 unspecified atom stereocenters. The maximum Gasteiger partial charge on any atom is 0.212 e. The molecular formula is C78H86N3+3. The number of hydrogen-bond donors (Lipinski definition) is 0. The highest BCUT2D eigenvalue weighted by atomic mass is 14.9. The summed E-state index contributed by atoms with van der Waals surface area (Å²) in [6, 6.07) is 65.8. The molecule has 0 spiro atoms. The van der Waals surface area contributed by atoms with Gasteiger partial charge in [-0.05, 0) is 219 Å². The summed E-state index contributed by atoms with van der Waals surface area (Å²) in [6.07, 6.45) is 20.4. The Balaban J connectivity index is 0.000000123. The van der Waals surface area contributed by atoms with Crippen molar-refractivity contribution in [2.24, 2.45) is 62.6 Å². The topological polar surface area (TPSA) is 11.6 Å². The van der Waals surface area contributed by atoms with E-state index in [1.165, 1.54) is 154 Å². The Morgan fingerprint density at radius 2 is 0.716 bits per heavy atom. The Morgan fingerprint density at radius 1 is 0.370 bits per heavy atom. The number of hydrogen-bond acceptors (Lipinski definition) is 0. The van der Waals surface area contributed by atoms with E-state index < -0.39 is 6.37 Å². The number of pyridine rings is 3. The molecule has 0 radical (unpaired) electrons. The summed E-state index contributed by atoms with van der Waals surface area (Å²) in [5.41, 5.74) is 22.8. The van der Waals surface area contributed by atoms with Crippen LogP contribution in [-0.2, 0) is 33.9 Å². The molecule has 6 aromatic carbocycles. The predicted octanol–water partition coefficient (Wildman–Crippen LogP) is 17.9. The highest BCUT2D eigenvalue weighted by Crippen LogP contribution is 2.55. The van der Waals surface area contributed by atoms with Crippen LogP contribution >= 0.6 is 0 Å². The molecule has 0 N–H and O–H groups in total. The van der Waals surface area contributed by atoms with Gasteiger partial charge in [0.1, 0.15) is 21.1 Å². The molecule has 16 rings (SSSR count). The lowest BCUT2D eigenvalue weighted by Crippen LogP contribution is -2.30. The van der Waals surface area contributed by atoms with Gasteiger partial charge in [0.25, 0.3) is 0 Å². The van der Waals surface area contributed by atoms with Crippen LogP contribution in [0.15, 0.2) is 201 Å². The van der Waals surface area contributed by atoms with Gasteiger partial charge >= 0.3 is 0 Å². The first kappa shape index (κ1) is 51.9. The van der Waals surface area contributed by atoms with Crippen molar-refractivity contribution in [3.05, 3.63) is 234 Å². The molecule has 7 aliphatic rings. The Hall–Kier alpha value is -7.23. The van der Waals surface area contributed by atoms with Crippen molar-refractivity contribution in [3.63, 3.8) is 0 Å². The maximum absolute atomic E-state index is 8.74. The fraction of sp³-hybridized carbons (Fsp3) is 0.346. The zero-order valence-electron chi connectivity index (χ0n) is 51.3. The monoisotopic (exact) mass is 1070 g/mol. The maximum atomic E-state index is 8.74. The number of aromatic nitrogens is 3. The third kappa shape index (κ3) is 11.9. The number of rotatable bonds is 11. The standard InChI is InChI=1S/2C26H28N.C26H30N/c2*1-18-5-3-4-6-24(18)26-14-13-23(17-27(26)2)20-9-7-19(8-10-20)15-25-21-11-12-22(25)16-21;1-19-8-10-21(11-9-19)22-12-14-23(15-13-22)24-16-17-26(27(3)18-24)25-7-5-4-6-20(25)2/h2*3-10,13-14,17,21-22,25H,11-12,15-16H2,1-2H3;4-7,12-19,21H,8-11H2,1-3H3/q3*+1/i15D2;;. The third-order valence-corrected chi connectivity index (χ3v) is 20.0. The van der Waals surface area contributed by atoms with Gasteiger partial charge in [-0.1, -0.05) is 147 Å². The number of nitrogens with zero attached hydrogens (tertiary/aromatic N) is 3. The van der Waals surface area contributed by atoms with Crippen LogP contribution in [0, 0.1) is 62.2 Å². The van der Waals surface area contributed by atoms with Crippen LogP contribution in [0.1, 0.15) is 113 Å². The van der Waals surface area contributed by atoms with Crippen LogP contribution in [0.4, 0.5) is 0 Å².